The third-order valence-electron chi connectivity index (χ3n) is 3.26. The summed E-state index contributed by atoms with van der Waals surface area (Å²) < 4.78 is 10.1. The number of ether oxygens (including phenoxy) is 2. The van der Waals surface area contributed by atoms with Crippen LogP contribution in [0.5, 0.6) is 0 Å². The average molecular weight is 429 g/mol. The van der Waals surface area contributed by atoms with Gasteiger partial charge in [0, 0.05) is 33.7 Å². The van der Waals surface area contributed by atoms with Gasteiger partial charge in [-0.2, -0.15) is 0 Å². The molecule has 0 saturated carbocycles. The van der Waals surface area contributed by atoms with Gasteiger partial charge in [-0.15, -0.1) is 24.0 Å². The van der Waals surface area contributed by atoms with E-state index < -0.39 is 0 Å². The van der Waals surface area contributed by atoms with Crippen LogP contribution in [0.4, 0.5) is 0 Å². The molecule has 1 unspecified atom stereocenters. The molecule has 0 saturated heterocycles. The van der Waals surface area contributed by atoms with E-state index in [2.05, 4.69) is 41.1 Å². The normalized spacial score (nSPS) is 13.1. The van der Waals surface area contributed by atoms with Gasteiger partial charge in [-0.1, -0.05) is 20.8 Å². The van der Waals surface area contributed by atoms with Crippen LogP contribution in [0.1, 0.15) is 40.0 Å². The van der Waals surface area contributed by atoms with Gasteiger partial charge in [0.05, 0.1) is 13.2 Å². The van der Waals surface area contributed by atoms with E-state index in [1.807, 2.05) is 0 Å². The molecular formula is C15H32IN3O3. The first kappa shape index (κ1) is 23.7. The van der Waals surface area contributed by atoms with Crippen LogP contribution in [-0.4, -0.2) is 52.4 Å². The molecule has 0 aliphatic rings. The summed E-state index contributed by atoms with van der Waals surface area (Å²) in [6.45, 7) is 7.90. The molecule has 1 atom stereocenters. The average Bonchev–Trinajstić information content (AvgIpc) is 2.43. The Morgan fingerprint density at radius 1 is 1.18 bits per heavy atom. The molecule has 0 amide bonds. The van der Waals surface area contributed by atoms with Crippen molar-refractivity contribution in [3.05, 3.63) is 0 Å². The molecule has 0 rings (SSSR count). The lowest BCUT2D eigenvalue weighted by atomic mass is 9.89. The van der Waals surface area contributed by atoms with Crippen LogP contribution < -0.4 is 10.6 Å². The summed E-state index contributed by atoms with van der Waals surface area (Å²) >= 11 is 0. The summed E-state index contributed by atoms with van der Waals surface area (Å²) in [6.07, 6.45) is 2.26. The van der Waals surface area contributed by atoms with Gasteiger partial charge in [0.2, 0.25) is 0 Å². The number of rotatable bonds is 8. The van der Waals surface area contributed by atoms with Crippen molar-refractivity contribution in [1.29, 1.82) is 0 Å². The molecule has 132 valence electrons. The Morgan fingerprint density at radius 2 is 1.82 bits per heavy atom. The lowest BCUT2D eigenvalue weighted by Crippen LogP contribution is -2.45. The molecule has 0 aromatic heterocycles. The van der Waals surface area contributed by atoms with E-state index in [-0.39, 0.29) is 41.5 Å². The molecule has 0 aromatic carbocycles. The first-order valence-corrected chi connectivity index (χ1v) is 7.39. The zero-order chi connectivity index (χ0) is 16.3. The fraction of sp³-hybridized carbons (Fsp3) is 0.867. The third-order valence-corrected chi connectivity index (χ3v) is 3.26. The second kappa shape index (κ2) is 12.9. The fourth-order valence-corrected chi connectivity index (χ4v) is 1.86. The molecule has 0 aromatic rings. The Morgan fingerprint density at radius 3 is 2.27 bits per heavy atom. The van der Waals surface area contributed by atoms with E-state index in [0.717, 1.165) is 25.3 Å². The van der Waals surface area contributed by atoms with Gasteiger partial charge in [-0.05, 0) is 18.3 Å². The van der Waals surface area contributed by atoms with E-state index in [9.17, 15) is 4.79 Å². The van der Waals surface area contributed by atoms with E-state index in [4.69, 9.17) is 4.74 Å². The summed E-state index contributed by atoms with van der Waals surface area (Å²) in [4.78, 5) is 15.1. The highest BCUT2D eigenvalue weighted by Gasteiger charge is 2.24. The van der Waals surface area contributed by atoms with Crippen LogP contribution in [-0.2, 0) is 14.3 Å². The summed E-state index contributed by atoms with van der Waals surface area (Å²) in [5, 5.41) is 6.48. The number of esters is 1. The van der Waals surface area contributed by atoms with Crippen LogP contribution in [0.15, 0.2) is 4.99 Å². The third kappa shape index (κ3) is 11.1. The number of carbonyl (C=O) groups is 1. The van der Waals surface area contributed by atoms with Crippen molar-refractivity contribution in [2.75, 3.05) is 34.4 Å². The van der Waals surface area contributed by atoms with E-state index in [0.29, 0.717) is 13.0 Å². The van der Waals surface area contributed by atoms with E-state index >= 15 is 0 Å². The molecular weight excluding hydrogens is 397 g/mol. The van der Waals surface area contributed by atoms with Crippen molar-refractivity contribution in [2.45, 2.75) is 46.1 Å². The maximum Gasteiger partial charge on any atom is 0.305 e. The topological polar surface area (TPSA) is 72.0 Å². The Balaban J connectivity index is 0. The first-order chi connectivity index (χ1) is 9.85. The monoisotopic (exact) mass is 429 g/mol. The number of halogens is 1. The molecule has 0 radical (unpaired) electrons. The van der Waals surface area contributed by atoms with E-state index in [1.54, 1.807) is 14.2 Å². The Kier molecular flexibility index (Phi) is 13.9. The number of carbonyl (C=O) groups excluding carboxylic acids is 1. The summed E-state index contributed by atoms with van der Waals surface area (Å²) in [7, 11) is 4.87. The Labute approximate surface area is 151 Å². The highest BCUT2D eigenvalue weighted by Crippen LogP contribution is 2.20. The number of methoxy groups -OCH3 is 2. The highest BCUT2D eigenvalue weighted by atomic mass is 127. The number of hydrogen-bond donors (Lipinski definition) is 2. The highest BCUT2D eigenvalue weighted by molar-refractivity contribution is 14.0. The lowest BCUT2D eigenvalue weighted by molar-refractivity contribution is -0.140. The first-order valence-electron chi connectivity index (χ1n) is 7.39. The minimum Gasteiger partial charge on any atom is -0.469 e. The van der Waals surface area contributed by atoms with Crippen molar-refractivity contribution in [1.82, 2.24) is 10.6 Å². The maximum absolute atomic E-state index is 11.0. The van der Waals surface area contributed by atoms with Gasteiger partial charge < -0.3 is 20.1 Å². The predicted octanol–water partition coefficient (Wildman–Crippen LogP) is 2.17. The molecule has 22 heavy (non-hydrogen) atoms. The smallest absolute Gasteiger partial charge is 0.305 e. The second-order valence-corrected chi connectivity index (χ2v) is 6.00. The minimum atomic E-state index is -0.161. The largest absolute Gasteiger partial charge is 0.469 e. The molecule has 0 spiro atoms. The van der Waals surface area contributed by atoms with Crippen molar-refractivity contribution >= 4 is 35.9 Å². The van der Waals surface area contributed by atoms with Crippen molar-refractivity contribution in [3.63, 3.8) is 0 Å². The standard InChI is InChI=1S/C15H31N3O3.HI/c1-15(2,3)12(20-5)11-18-14(16-4)17-10-8-7-9-13(19)21-6;/h12H,7-11H2,1-6H3,(H2,16,17,18);1H. The SMILES string of the molecule is CN=C(NCCCCC(=O)OC)NCC(OC)C(C)(C)C.I. The number of aliphatic imine (C=N–C) groups is 1. The van der Waals surface area contributed by atoms with Gasteiger partial charge in [-0.25, -0.2) is 0 Å². The van der Waals surface area contributed by atoms with Crippen molar-refractivity contribution in [2.24, 2.45) is 10.4 Å². The van der Waals surface area contributed by atoms with Gasteiger partial charge >= 0.3 is 5.97 Å². The number of nitrogens with one attached hydrogen (secondary N) is 2. The van der Waals surface area contributed by atoms with Crippen molar-refractivity contribution in [3.8, 4) is 0 Å². The molecule has 0 heterocycles. The molecule has 0 fully saturated rings. The van der Waals surface area contributed by atoms with Crippen molar-refractivity contribution < 1.29 is 14.3 Å². The summed E-state index contributed by atoms with van der Waals surface area (Å²) in [5.74, 6) is 0.588. The maximum atomic E-state index is 11.0. The Bertz CT molecular complexity index is 330. The molecule has 6 nitrogen and oxygen atoms in total. The van der Waals surface area contributed by atoms with Gasteiger partial charge in [0.25, 0.3) is 0 Å². The molecule has 0 aliphatic carbocycles. The minimum absolute atomic E-state index is 0. The van der Waals surface area contributed by atoms with Crippen LogP contribution >= 0.6 is 24.0 Å². The lowest BCUT2D eigenvalue weighted by Gasteiger charge is -2.30. The number of hydrogen-bond acceptors (Lipinski definition) is 4. The van der Waals surface area contributed by atoms with Crippen LogP contribution in [0.2, 0.25) is 0 Å². The molecule has 7 heteroatoms. The molecule has 2 N–H and O–H groups in total. The summed E-state index contributed by atoms with van der Waals surface area (Å²) in [5.41, 5.74) is 0.0706. The van der Waals surface area contributed by atoms with Gasteiger partial charge in [-0.3, -0.25) is 9.79 Å². The van der Waals surface area contributed by atoms with Crippen LogP contribution in [0.3, 0.4) is 0 Å². The quantitative estimate of drug-likeness (QED) is 0.204. The van der Waals surface area contributed by atoms with Gasteiger partial charge in [0.1, 0.15) is 0 Å². The second-order valence-electron chi connectivity index (χ2n) is 6.00. The van der Waals surface area contributed by atoms with Crippen LogP contribution in [0.25, 0.3) is 0 Å². The number of unbranched alkanes of at least 4 members (excludes halogenated alkanes) is 1. The Hall–Kier alpha value is -0.570. The molecule has 0 aliphatic heterocycles. The van der Waals surface area contributed by atoms with Gasteiger partial charge in [0.15, 0.2) is 5.96 Å². The summed E-state index contributed by atoms with van der Waals surface area (Å²) in [6, 6.07) is 0. The zero-order valence-corrected chi connectivity index (χ0v) is 17.0. The van der Waals surface area contributed by atoms with Crippen LogP contribution in [0, 0.1) is 5.41 Å². The number of guanidine groups is 1. The molecule has 0 bridgehead atoms. The fourth-order valence-electron chi connectivity index (χ4n) is 1.86. The van der Waals surface area contributed by atoms with E-state index in [1.165, 1.54) is 7.11 Å². The zero-order valence-electron chi connectivity index (χ0n) is 14.7. The predicted molar refractivity (Wildman–Crippen MR) is 101 cm³/mol. The number of nitrogens with zero attached hydrogens (tertiary/aromatic N) is 1.